The molecule has 34 heavy (non-hydrogen) atoms. The van der Waals surface area contributed by atoms with Crippen LogP contribution in [-0.2, 0) is 9.53 Å². The molecule has 0 spiro atoms. The van der Waals surface area contributed by atoms with Crippen LogP contribution >= 0.6 is 11.8 Å². The molecule has 2 aliphatic heterocycles. The molecule has 0 bridgehead atoms. The zero-order valence-corrected chi connectivity index (χ0v) is 20.7. The number of thioether (sulfide) groups is 1. The van der Waals surface area contributed by atoms with Crippen molar-refractivity contribution in [1.82, 2.24) is 14.7 Å². The summed E-state index contributed by atoms with van der Waals surface area (Å²) in [5.74, 6) is -0.890. The van der Waals surface area contributed by atoms with Gasteiger partial charge in [0, 0.05) is 60.6 Å². The molecule has 0 aromatic heterocycles. The van der Waals surface area contributed by atoms with Crippen molar-refractivity contribution in [2.75, 3.05) is 39.0 Å². The van der Waals surface area contributed by atoms with Crippen molar-refractivity contribution < 1.29 is 23.9 Å². The van der Waals surface area contributed by atoms with Crippen LogP contribution in [0.5, 0.6) is 0 Å². The van der Waals surface area contributed by atoms with Crippen molar-refractivity contribution >= 4 is 46.3 Å². The van der Waals surface area contributed by atoms with Crippen molar-refractivity contribution in [3.63, 3.8) is 0 Å². The van der Waals surface area contributed by atoms with Crippen LogP contribution in [0.1, 0.15) is 47.9 Å². The van der Waals surface area contributed by atoms with Gasteiger partial charge >= 0.3 is 6.09 Å². The molecule has 1 saturated heterocycles. The lowest BCUT2D eigenvalue weighted by Gasteiger charge is -2.36. The predicted molar refractivity (Wildman–Crippen MR) is 130 cm³/mol. The Morgan fingerprint density at radius 2 is 1.56 bits per heavy atom. The smallest absolute Gasteiger partial charge is 0.410 e. The van der Waals surface area contributed by atoms with Gasteiger partial charge in [0.1, 0.15) is 5.60 Å². The largest absolute Gasteiger partial charge is 0.444 e. The molecule has 2 aliphatic rings. The highest BCUT2D eigenvalue weighted by molar-refractivity contribution is 7.98. The Hall–Kier alpha value is -3.07. The topological polar surface area (TPSA) is 87.2 Å². The first-order valence-corrected chi connectivity index (χ1v) is 12.5. The molecule has 0 atom stereocenters. The second-order valence-electron chi connectivity index (χ2n) is 9.40. The van der Waals surface area contributed by atoms with Gasteiger partial charge in [-0.25, -0.2) is 4.79 Å². The standard InChI is InChI=1S/C25H29N3O5S/c1-25(2,3)33-24(32)27-14-12-26(13-15-27)20(29)10-11-28-22(30)17-7-5-6-16-19(34-4)9-8-18(21(16)17)23(28)31/h5-9H,10-15H2,1-4H3. The predicted octanol–water partition coefficient (Wildman–Crippen LogP) is 3.63. The Bertz CT molecular complexity index is 1140. The Kier molecular flexibility index (Phi) is 6.58. The van der Waals surface area contributed by atoms with E-state index in [1.807, 2.05) is 45.2 Å². The normalized spacial score (nSPS) is 16.3. The van der Waals surface area contributed by atoms with E-state index in [4.69, 9.17) is 4.74 Å². The van der Waals surface area contributed by atoms with E-state index >= 15 is 0 Å². The molecule has 1 fully saturated rings. The van der Waals surface area contributed by atoms with Crippen LogP contribution in [0, 0.1) is 0 Å². The van der Waals surface area contributed by atoms with Gasteiger partial charge in [0.2, 0.25) is 5.91 Å². The van der Waals surface area contributed by atoms with E-state index in [2.05, 4.69) is 0 Å². The fourth-order valence-electron chi connectivity index (χ4n) is 4.33. The summed E-state index contributed by atoms with van der Waals surface area (Å²) in [6, 6.07) is 9.13. The van der Waals surface area contributed by atoms with Crippen LogP contribution in [-0.4, -0.2) is 83.1 Å². The maximum Gasteiger partial charge on any atom is 0.410 e. The van der Waals surface area contributed by atoms with Crippen LogP contribution in [0.25, 0.3) is 10.8 Å². The summed E-state index contributed by atoms with van der Waals surface area (Å²) in [6.07, 6.45) is 1.61. The number of imide groups is 1. The van der Waals surface area contributed by atoms with Crippen molar-refractivity contribution in [3.8, 4) is 0 Å². The molecule has 0 saturated carbocycles. The van der Waals surface area contributed by atoms with Crippen molar-refractivity contribution in [1.29, 1.82) is 0 Å². The molecule has 0 radical (unpaired) electrons. The molecule has 0 N–H and O–H groups in total. The van der Waals surface area contributed by atoms with Crippen molar-refractivity contribution in [3.05, 3.63) is 41.5 Å². The van der Waals surface area contributed by atoms with Crippen LogP contribution in [0.15, 0.2) is 35.2 Å². The number of ether oxygens (including phenoxy) is 1. The molecule has 4 rings (SSSR count). The number of rotatable bonds is 4. The number of piperazine rings is 1. The van der Waals surface area contributed by atoms with Crippen LogP contribution < -0.4 is 0 Å². The Labute approximate surface area is 203 Å². The van der Waals surface area contributed by atoms with E-state index in [-0.39, 0.29) is 36.8 Å². The number of hydrogen-bond donors (Lipinski definition) is 0. The highest BCUT2D eigenvalue weighted by Crippen LogP contribution is 2.35. The second-order valence-corrected chi connectivity index (χ2v) is 10.3. The van der Waals surface area contributed by atoms with Gasteiger partial charge in [-0.05, 0) is 50.6 Å². The number of carbonyl (C=O) groups is 4. The lowest BCUT2D eigenvalue weighted by molar-refractivity contribution is -0.133. The third-order valence-electron chi connectivity index (χ3n) is 6.01. The van der Waals surface area contributed by atoms with E-state index < -0.39 is 5.60 Å². The summed E-state index contributed by atoms with van der Waals surface area (Å²) in [4.78, 5) is 56.8. The Balaban J connectivity index is 1.40. The van der Waals surface area contributed by atoms with Gasteiger partial charge in [-0.2, -0.15) is 0 Å². The van der Waals surface area contributed by atoms with Crippen molar-refractivity contribution in [2.24, 2.45) is 0 Å². The maximum absolute atomic E-state index is 13.1. The molecule has 2 aromatic carbocycles. The zero-order valence-electron chi connectivity index (χ0n) is 19.9. The molecule has 2 aromatic rings. The second kappa shape index (κ2) is 9.29. The fraction of sp³-hybridized carbons (Fsp3) is 0.440. The molecular formula is C25H29N3O5S. The molecule has 8 nitrogen and oxygen atoms in total. The summed E-state index contributed by atoms with van der Waals surface area (Å²) < 4.78 is 5.39. The summed E-state index contributed by atoms with van der Waals surface area (Å²) in [7, 11) is 0. The number of hydrogen-bond acceptors (Lipinski definition) is 6. The molecular weight excluding hydrogens is 454 g/mol. The fourth-order valence-corrected chi connectivity index (χ4v) is 4.93. The van der Waals surface area contributed by atoms with Crippen LogP contribution in [0.2, 0.25) is 0 Å². The van der Waals surface area contributed by atoms with E-state index in [0.717, 1.165) is 10.3 Å². The minimum absolute atomic E-state index is 0.0168. The number of nitrogens with zero attached hydrogens (tertiary/aromatic N) is 3. The van der Waals surface area contributed by atoms with Gasteiger partial charge in [-0.3, -0.25) is 19.3 Å². The van der Waals surface area contributed by atoms with Gasteiger partial charge < -0.3 is 14.5 Å². The van der Waals surface area contributed by atoms with Gasteiger partial charge in [-0.1, -0.05) is 12.1 Å². The first kappa shape index (κ1) is 24.1. The van der Waals surface area contributed by atoms with E-state index in [9.17, 15) is 19.2 Å². The van der Waals surface area contributed by atoms with Crippen molar-refractivity contribution in [2.45, 2.75) is 37.7 Å². The lowest BCUT2D eigenvalue weighted by Crippen LogP contribution is -2.52. The van der Waals surface area contributed by atoms with Gasteiger partial charge in [0.15, 0.2) is 0 Å². The molecule has 4 amide bonds. The average Bonchev–Trinajstić information content (AvgIpc) is 2.81. The van der Waals surface area contributed by atoms with Gasteiger partial charge in [0.05, 0.1) is 0 Å². The zero-order chi connectivity index (χ0) is 24.6. The molecule has 2 heterocycles. The molecule has 0 unspecified atom stereocenters. The lowest BCUT2D eigenvalue weighted by atomic mass is 9.94. The minimum Gasteiger partial charge on any atom is -0.444 e. The van der Waals surface area contributed by atoms with E-state index in [1.165, 1.54) is 4.90 Å². The number of benzene rings is 2. The minimum atomic E-state index is -0.572. The van der Waals surface area contributed by atoms with Crippen LogP contribution in [0.4, 0.5) is 4.79 Å². The summed E-state index contributed by atoms with van der Waals surface area (Å²) >= 11 is 1.57. The third-order valence-corrected chi connectivity index (χ3v) is 6.80. The molecule has 180 valence electrons. The Morgan fingerprint density at radius 3 is 2.18 bits per heavy atom. The maximum atomic E-state index is 13.1. The summed E-state index contributed by atoms with van der Waals surface area (Å²) in [5.41, 5.74) is 0.403. The van der Waals surface area contributed by atoms with Gasteiger partial charge in [0.25, 0.3) is 11.8 Å². The van der Waals surface area contributed by atoms with E-state index in [1.54, 1.807) is 33.7 Å². The molecule has 0 aliphatic carbocycles. The number of amides is 4. The highest BCUT2D eigenvalue weighted by Gasteiger charge is 2.34. The number of carbonyl (C=O) groups excluding carboxylic acids is 4. The first-order chi connectivity index (χ1) is 16.1. The SMILES string of the molecule is CSc1ccc2c3c(cccc13)C(=O)N(CCC(=O)N1CCN(C(=O)OC(C)(C)C)CC1)C2=O. The Morgan fingerprint density at radius 1 is 0.941 bits per heavy atom. The van der Waals surface area contributed by atoms with E-state index in [0.29, 0.717) is 42.7 Å². The summed E-state index contributed by atoms with van der Waals surface area (Å²) in [6.45, 7) is 7.00. The summed E-state index contributed by atoms with van der Waals surface area (Å²) in [5, 5.41) is 1.58. The molecule has 9 heteroatoms. The van der Waals surface area contributed by atoms with Crippen LogP contribution in [0.3, 0.4) is 0 Å². The quantitative estimate of drug-likeness (QED) is 0.488. The monoisotopic (exact) mass is 483 g/mol. The third kappa shape index (κ3) is 4.61. The highest BCUT2D eigenvalue weighted by atomic mass is 32.2. The first-order valence-electron chi connectivity index (χ1n) is 11.3. The average molecular weight is 484 g/mol. The van der Waals surface area contributed by atoms with Gasteiger partial charge in [-0.15, -0.1) is 11.8 Å².